The minimum absolute atomic E-state index is 0.587. The van der Waals surface area contributed by atoms with E-state index in [0.717, 1.165) is 36.5 Å². The number of hydrazone groups is 1. The third-order valence-corrected chi connectivity index (χ3v) is 3.49. The predicted molar refractivity (Wildman–Crippen MR) is 87.4 cm³/mol. The Morgan fingerprint density at radius 2 is 1.95 bits per heavy atom. The number of nitrogens with one attached hydrogen (secondary N) is 1. The second-order valence-electron chi connectivity index (χ2n) is 4.79. The van der Waals surface area contributed by atoms with Crippen LogP contribution in [0.3, 0.4) is 0 Å². The van der Waals surface area contributed by atoms with Crippen molar-refractivity contribution in [2.45, 2.75) is 27.3 Å². The van der Waals surface area contributed by atoms with Gasteiger partial charge in [-0.25, -0.2) is 10.2 Å². The van der Waals surface area contributed by atoms with E-state index < -0.39 is 6.09 Å². The fraction of sp³-hybridized carbons (Fsp3) is 0.500. The van der Waals surface area contributed by atoms with Crippen LogP contribution in [-0.4, -0.2) is 44.0 Å². The molecule has 0 unspecified atom stereocenters. The lowest BCUT2D eigenvalue weighted by molar-refractivity contribution is 0.171. The summed E-state index contributed by atoms with van der Waals surface area (Å²) in [5, 5.41) is 4.02. The van der Waals surface area contributed by atoms with Crippen LogP contribution in [0.1, 0.15) is 31.9 Å². The van der Waals surface area contributed by atoms with Crippen molar-refractivity contribution >= 4 is 11.8 Å². The summed E-state index contributed by atoms with van der Waals surface area (Å²) in [6.07, 6.45) is -0.587. The Morgan fingerprint density at radius 1 is 1.27 bits per heavy atom. The van der Waals surface area contributed by atoms with Crippen LogP contribution in [0.15, 0.2) is 23.3 Å². The molecule has 0 aromatic heterocycles. The van der Waals surface area contributed by atoms with Crippen molar-refractivity contribution in [1.29, 1.82) is 0 Å². The first-order valence-electron chi connectivity index (χ1n) is 7.33. The molecule has 1 amide bonds. The summed E-state index contributed by atoms with van der Waals surface area (Å²) in [4.78, 5) is 13.4. The van der Waals surface area contributed by atoms with Gasteiger partial charge in [0, 0.05) is 12.1 Å². The van der Waals surface area contributed by atoms with Crippen LogP contribution in [0.2, 0.25) is 0 Å². The summed E-state index contributed by atoms with van der Waals surface area (Å²) >= 11 is 0. The van der Waals surface area contributed by atoms with Crippen LogP contribution in [0.4, 0.5) is 4.79 Å². The van der Waals surface area contributed by atoms with E-state index in [4.69, 9.17) is 4.74 Å². The minimum Gasteiger partial charge on any atom is -0.496 e. The maximum Gasteiger partial charge on any atom is 0.427 e. The molecule has 0 saturated heterocycles. The Kier molecular flexibility index (Phi) is 7.39. The molecule has 0 aliphatic carbocycles. The van der Waals surface area contributed by atoms with Crippen molar-refractivity contribution in [3.05, 3.63) is 29.3 Å². The zero-order valence-electron chi connectivity index (χ0n) is 14.0. The minimum atomic E-state index is -0.587. The number of benzene rings is 1. The number of ether oxygens (including phenoxy) is 2. The molecule has 0 bridgehead atoms. The monoisotopic (exact) mass is 307 g/mol. The molecular formula is C16H25N3O3. The molecule has 0 aliphatic rings. The normalized spacial score (nSPS) is 11.5. The van der Waals surface area contributed by atoms with Crippen LogP contribution in [0.5, 0.6) is 5.75 Å². The van der Waals surface area contributed by atoms with Crippen LogP contribution < -0.4 is 10.2 Å². The summed E-state index contributed by atoms with van der Waals surface area (Å²) in [7, 11) is 2.97. The molecule has 6 nitrogen and oxygen atoms in total. The lowest BCUT2D eigenvalue weighted by Crippen LogP contribution is -2.22. The Bertz CT molecular complexity index is 525. The average Bonchev–Trinajstić information content (AvgIpc) is 2.56. The zero-order valence-corrected chi connectivity index (χ0v) is 14.0. The standard InChI is InChI=1S/C16H25N3O3/c1-6-19(7-2)11-14-10-13(8-9-15(14)21-4)12(3)17-18-16(20)22-5/h8-10H,6-7,11H2,1-5H3,(H,18,20)/b17-12-. The topological polar surface area (TPSA) is 63.2 Å². The summed E-state index contributed by atoms with van der Waals surface area (Å²) < 4.78 is 9.92. The molecular weight excluding hydrogens is 282 g/mol. The summed E-state index contributed by atoms with van der Waals surface area (Å²) in [6.45, 7) is 8.85. The van der Waals surface area contributed by atoms with Gasteiger partial charge in [0.25, 0.3) is 0 Å². The number of nitrogens with zero attached hydrogens (tertiary/aromatic N) is 2. The van der Waals surface area contributed by atoms with E-state index in [1.165, 1.54) is 7.11 Å². The Balaban J connectivity index is 3.00. The molecule has 1 N–H and O–H groups in total. The van der Waals surface area contributed by atoms with Crippen molar-refractivity contribution in [2.24, 2.45) is 5.10 Å². The van der Waals surface area contributed by atoms with Crippen LogP contribution in [0, 0.1) is 0 Å². The van der Waals surface area contributed by atoms with Gasteiger partial charge in [-0.1, -0.05) is 13.8 Å². The van der Waals surface area contributed by atoms with Crippen molar-refractivity contribution in [3.63, 3.8) is 0 Å². The molecule has 0 spiro atoms. The van der Waals surface area contributed by atoms with Gasteiger partial charge in [-0.05, 0) is 43.8 Å². The zero-order chi connectivity index (χ0) is 16.5. The first-order valence-corrected chi connectivity index (χ1v) is 7.33. The van der Waals surface area contributed by atoms with E-state index in [9.17, 15) is 4.79 Å². The largest absolute Gasteiger partial charge is 0.496 e. The third kappa shape index (κ3) is 5.04. The Hall–Kier alpha value is -2.08. The number of rotatable bonds is 7. The molecule has 0 heterocycles. The number of amides is 1. The Morgan fingerprint density at radius 3 is 2.50 bits per heavy atom. The van der Waals surface area contributed by atoms with Gasteiger partial charge in [-0.2, -0.15) is 5.10 Å². The number of carbonyl (C=O) groups is 1. The summed E-state index contributed by atoms with van der Waals surface area (Å²) in [6, 6.07) is 5.88. The van der Waals surface area contributed by atoms with Gasteiger partial charge in [-0.3, -0.25) is 4.90 Å². The second-order valence-corrected chi connectivity index (χ2v) is 4.79. The molecule has 0 aliphatic heterocycles. The van der Waals surface area contributed by atoms with Gasteiger partial charge in [0.15, 0.2) is 0 Å². The van der Waals surface area contributed by atoms with E-state index in [1.807, 2.05) is 25.1 Å². The average molecular weight is 307 g/mol. The van der Waals surface area contributed by atoms with Gasteiger partial charge in [0.2, 0.25) is 0 Å². The van der Waals surface area contributed by atoms with Crippen molar-refractivity contribution < 1.29 is 14.3 Å². The van der Waals surface area contributed by atoms with Crippen molar-refractivity contribution in [3.8, 4) is 5.75 Å². The van der Waals surface area contributed by atoms with Crippen molar-refractivity contribution in [2.75, 3.05) is 27.3 Å². The van der Waals surface area contributed by atoms with E-state index in [0.29, 0.717) is 5.71 Å². The highest BCUT2D eigenvalue weighted by atomic mass is 16.5. The number of carbonyl (C=O) groups excluding carboxylic acids is 1. The molecule has 1 rings (SSSR count). The fourth-order valence-electron chi connectivity index (χ4n) is 2.06. The molecule has 6 heteroatoms. The van der Waals surface area contributed by atoms with Crippen LogP contribution in [0.25, 0.3) is 0 Å². The SMILES string of the molecule is CCN(CC)Cc1cc(/C(C)=N\NC(=O)OC)ccc1OC. The van der Waals surface area contributed by atoms with Gasteiger partial charge in [-0.15, -0.1) is 0 Å². The molecule has 0 atom stereocenters. The highest BCUT2D eigenvalue weighted by Crippen LogP contribution is 2.22. The van der Waals surface area contributed by atoms with E-state index in [1.54, 1.807) is 7.11 Å². The number of hydrogen-bond acceptors (Lipinski definition) is 5. The fourth-order valence-corrected chi connectivity index (χ4v) is 2.06. The molecule has 122 valence electrons. The van der Waals surface area contributed by atoms with E-state index >= 15 is 0 Å². The highest BCUT2D eigenvalue weighted by molar-refractivity contribution is 5.99. The van der Waals surface area contributed by atoms with Crippen LogP contribution >= 0.6 is 0 Å². The molecule has 0 radical (unpaired) electrons. The predicted octanol–water partition coefficient (Wildman–Crippen LogP) is 2.62. The first-order chi connectivity index (χ1) is 10.5. The van der Waals surface area contributed by atoms with Gasteiger partial charge >= 0.3 is 6.09 Å². The van der Waals surface area contributed by atoms with Crippen molar-refractivity contribution in [1.82, 2.24) is 10.3 Å². The maximum absolute atomic E-state index is 11.1. The van der Waals surface area contributed by atoms with Gasteiger partial charge in [0.05, 0.1) is 19.9 Å². The first kappa shape index (κ1) is 18.0. The second kappa shape index (κ2) is 9.04. The van der Waals surface area contributed by atoms with E-state index in [-0.39, 0.29) is 0 Å². The smallest absolute Gasteiger partial charge is 0.427 e. The van der Waals surface area contributed by atoms with Gasteiger partial charge < -0.3 is 9.47 Å². The maximum atomic E-state index is 11.1. The summed E-state index contributed by atoms with van der Waals surface area (Å²) in [5.41, 5.74) is 5.05. The molecule has 22 heavy (non-hydrogen) atoms. The lowest BCUT2D eigenvalue weighted by atomic mass is 10.1. The highest BCUT2D eigenvalue weighted by Gasteiger charge is 2.10. The summed E-state index contributed by atoms with van der Waals surface area (Å²) in [5.74, 6) is 0.851. The van der Waals surface area contributed by atoms with E-state index in [2.05, 4.69) is 34.0 Å². The number of hydrogen-bond donors (Lipinski definition) is 1. The third-order valence-electron chi connectivity index (χ3n) is 3.49. The quantitative estimate of drug-likeness (QED) is 0.621. The molecule has 1 aromatic carbocycles. The lowest BCUT2D eigenvalue weighted by Gasteiger charge is -2.20. The molecule has 0 saturated carbocycles. The Labute approximate surface area is 132 Å². The molecule has 0 fully saturated rings. The van der Waals surface area contributed by atoms with Gasteiger partial charge in [0.1, 0.15) is 5.75 Å². The number of methoxy groups -OCH3 is 2. The molecule has 1 aromatic rings. The van der Waals surface area contributed by atoms with Crippen LogP contribution in [-0.2, 0) is 11.3 Å².